The van der Waals surface area contributed by atoms with E-state index in [-0.39, 0.29) is 22.4 Å². The number of hydrogen-bond donors (Lipinski definition) is 1. The summed E-state index contributed by atoms with van der Waals surface area (Å²) in [6.45, 7) is 3.32. The zero-order valence-electron chi connectivity index (χ0n) is 16.6. The van der Waals surface area contributed by atoms with E-state index in [1.165, 1.54) is 0 Å². The van der Waals surface area contributed by atoms with Crippen LogP contribution < -0.4 is 10.1 Å². The lowest BCUT2D eigenvalue weighted by Gasteiger charge is -2.25. The molecule has 3 aromatic carbocycles. The number of fused-ring (bicyclic) bond motifs is 1. The third-order valence-electron chi connectivity index (χ3n) is 4.55. The van der Waals surface area contributed by atoms with Crippen LogP contribution in [0.4, 0.5) is 14.5 Å². The van der Waals surface area contributed by atoms with E-state index in [1.54, 1.807) is 44.2 Å². The predicted molar refractivity (Wildman–Crippen MR) is 114 cm³/mol. The first-order chi connectivity index (χ1) is 14.7. The zero-order chi connectivity index (χ0) is 22.2. The Balaban J connectivity index is 1.57. The van der Waals surface area contributed by atoms with Crippen molar-refractivity contribution in [2.24, 2.45) is 0 Å². The van der Waals surface area contributed by atoms with Crippen LogP contribution in [0.1, 0.15) is 13.8 Å². The molecular weight excluding hydrogens is 426 g/mol. The molecule has 0 aliphatic carbocycles. The average molecular weight is 443 g/mol. The van der Waals surface area contributed by atoms with E-state index in [9.17, 15) is 13.6 Å². The fraction of sp³-hybridized carbons (Fsp3) is 0.130. The number of oxazole rings is 1. The first-order valence-corrected chi connectivity index (χ1v) is 9.72. The van der Waals surface area contributed by atoms with E-state index in [0.717, 1.165) is 12.1 Å². The summed E-state index contributed by atoms with van der Waals surface area (Å²) in [5.74, 6) is -1.87. The lowest BCUT2D eigenvalue weighted by molar-refractivity contribution is -0.128. The molecule has 5 nitrogen and oxygen atoms in total. The van der Waals surface area contributed by atoms with E-state index in [2.05, 4.69) is 10.3 Å². The summed E-state index contributed by atoms with van der Waals surface area (Å²) >= 11 is 6.00. The fourth-order valence-electron chi connectivity index (χ4n) is 2.92. The third-order valence-corrected chi connectivity index (χ3v) is 4.86. The Morgan fingerprint density at radius 1 is 1.06 bits per heavy atom. The van der Waals surface area contributed by atoms with E-state index < -0.39 is 17.2 Å². The van der Waals surface area contributed by atoms with Gasteiger partial charge in [-0.15, -0.1) is 0 Å². The van der Waals surface area contributed by atoms with Crippen molar-refractivity contribution in [1.82, 2.24) is 4.98 Å². The number of nitrogens with zero attached hydrogens (tertiary/aromatic N) is 1. The molecule has 0 bridgehead atoms. The van der Waals surface area contributed by atoms with Gasteiger partial charge >= 0.3 is 0 Å². The first kappa shape index (κ1) is 20.8. The number of para-hydroxylation sites is 1. The van der Waals surface area contributed by atoms with Crippen LogP contribution in [-0.4, -0.2) is 16.5 Å². The summed E-state index contributed by atoms with van der Waals surface area (Å²) in [4.78, 5) is 17.0. The number of carbonyl (C=O) groups is 1. The highest BCUT2D eigenvalue weighted by atomic mass is 35.5. The minimum absolute atomic E-state index is 0.0289. The zero-order valence-corrected chi connectivity index (χ0v) is 17.3. The van der Waals surface area contributed by atoms with Gasteiger partial charge in [0.2, 0.25) is 5.89 Å². The second kappa shape index (κ2) is 8.00. The normalized spacial score (nSPS) is 11.5. The van der Waals surface area contributed by atoms with Gasteiger partial charge in [-0.05, 0) is 56.3 Å². The molecule has 158 valence electrons. The SMILES string of the molecule is CC(C)(Oc1ccccc1)C(=O)Nc1ccc2oc(-c3cc(F)c(F)cc3Cl)nc2c1. The molecule has 4 aromatic rings. The Morgan fingerprint density at radius 2 is 1.77 bits per heavy atom. The fourth-order valence-corrected chi connectivity index (χ4v) is 3.15. The Labute approximate surface area is 181 Å². The Kier molecular flexibility index (Phi) is 5.37. The van der Waals surface area contributed by atoms with Gasteiger partial charge in [0.15, 0.2) is 22.8 Å². The van der Waals surface area contributed by atoms with E-state index in [0.29, 0.717) is 22.5 Å². The Morgan fingerprint density at radius 3 is 2.52 bits per heavy atom. The second-order valence-electron chi connectivity index (χ2n) is 7.33. The van der Waals surface area contributed by atoms with Gasteiger partial charge in [0.25, 0.3) is 5.91 Å². The molecule has 8 heteroatoms. The maximum Gasteiger partial charge on any atom is 0.267 e. The van der Waals surface area contributed by atoms with E-state index >= 15 is 0 Å². The van der Waals surface area contributed by atoms with Crippen LogP contribution in [0.2, 0.25) is 5.02 Å². The Hall–Kier alpha value is -3.45. The van der Waals surface area contributed by atoms with Gasteiger partial charge in [0.05, 0.1) is 10.6 Å². The monoisotopic (exact) mass is 442 g/mol. The number of ether oxygens (including phenoxy) is 1. The van der Waals surface area contributed by atoms with Crippen molar-refractivity contribution in [1.29, 1.82) is 0 Å². The standard InChI is InChI=1S/C23H17ClF2N2O3/c1-23(2,31-14-6-4-3-5-7-14)22(29)27-13-8-9-20-19(10-13)28-21(30-20)15-11-17(25)18(26)12-16(15)24/h3-12H,1-2H3,(H,27,29). The van der Waals surface area contributed by atoms with Gasteiger partial charge in [-0.1, -0.05) is 29.8 Å². The number of amides is 1. The molecule has 1 aromatic heterocycles. The number of benzene rings is 3. The molecule has 1 amide bonds. The van der Waals surface area contributed by atoms with Crippen LogP contribution in [0.25, 0.3) is 22.6 Å². The topological polar surface area (TPSA) is 64.4 Å². The van der Waals surface area contributed by atoms with Crippen molar-refractivity contribution in [3.05, 3.63) is 77.3 Å². The number of halogens is 3. The quantitative estimate of drug-likeness (QED) is 0.372. The lowest BCUT2D eigenvalue weighted by atomic mass is 10.1. The molecule has 0 aliphatic heterocycles. The van der Waals surface area contributed by atoms with Crippen LogP contribution in [0.3, 0.4) is 0 Å². The molecule has 0 unspecified atom stereocenters. The number of hydrogen-bond acceptors (Lipinski definition) is 4. The van der Waals surface area contributed by atoms with Crippen molar-refractivity contribution in [3.8, 4) is 17.2 Å². The molecule has 4 rings (SSSR count). The highest BCUT2D eigenvalue weighted by molar-refractivity contribution is 6.33. The second-order valence-corrected chi connectivity index (χ2v) is 7.73. The van der Waals surface area contributed by atoms with Crippen molar-refractivity contribution in [2.45, 2.75) is 19.4 Å². The van der Waals surface area contributed by atoms with Gasteiger partial charge in [0, 0.05) is 5.69 Å². The predicted octanol–water partition coefficient (Wildman–Crippen LogP) is 6.22. The molecule has 0 aliphatic rings. The van der Waals surface area contributed by atoms with Gasteiger partial charge in [-0.2, -0.15) is 0 Å². The summed E-state index contributed by atoms with van der Waals surface area (Å²) in [7, 11) is 0. The minimum Gasteiger partial charge on any atom is -0.478 e. The number of aromatic nitrogens is 1. The van der Waals surface area contributed by atoms with Crippen LogP contribution in [0.15, 0.2) is 65.1 Å². The largest absolute Gasteiger partial charge is 0.478 e. The molecule has 0 spiro atoms. The highest BCUT2D eigenvalue weighted by Crippen LogP contribution is 2.32. The first-order valence-electron chi connectivity index (χ1n) is 9.34. The molecule has 1 N–H and O–H groups in total. The van der Waals surface area contributed by atoms with Crippen LogP contribution in [0.5, 0.6) is 5.75 Å². The van der Waals surface area contributed by atoms with Gasteiger partial charge in [-0.3, -0.25) is 4.79 Å². The van der Waals surface area contributed by atoms with Crippen molar-refractivity contribution >= 4 is 34.3 Å². The smallest absolute Gasteiger partial charge is 0.267 e. The van der Waals surface area contributed by atoms with E-state index in [4.69, 9.17) is 20.8 Å². The summed E-state index contributed by atoms with van der Waals surface area (Å²) < 4.78 is 38.3. The maximum absolute atomic E-state index is 13.6. The lowest BCUT2D eigenvalue weighted by Crippen LogP contribution is -2.42. The molecule has 0 fully saturated rings. The minimum atomic E-state index is -1.13. The average Bonchev–Trinajstić information content (AvgIpc) is 3.14. The van der Waals surface area contributed by atoms with Crippen molar-refractivity contribution < 1.29 is 22.7 Å². The van der Waals surface area contributed by atoms with Crippen LogP contribution in [-0.2, 0) is 4.79 Å². The summed E-state index contributed by atoms with van der Waals surface area (Å²) in [5.41, 5.74) is 0.270. The third kappa shape index (κ3) is 4.36. The molecule has 0 saturated heterocycles. The van der Waals surface area contributed by atoms with E-state index in [1.807, 2.05) is 18.2 Å². The van der Waals surface area contributed by atoms with Crippen LogP contribution >= 0.6 is 11.6 Å². The molecule has 0 atom stereocenters. The number of nitrogens with one attached hydrogen (secondary N) is 1. The molecule has 0 saturated carbocycles. The molecule has 31 heavy (non-hydrogen) atoms. The van der Waals surface area contributed by atoms with Gasteiger partial charge in [0.1, 0.15) is 11.3 Å². The molecule has 1 heterocycles. The Bertz CT molecular complexity index is 1270. The molecule has 0 radical (unpaired) electrons. The van der Waals surface area contributed by atoms with Crippen molar-refractivity contribution in [3.63, 3.8) is 0 Å². The number of carbonyl (C=O) groups excluding carboxylic acids is 1. The highest BCUT2D eigenvalue weighted by Gasteiger charge is 2.30. The van der Waals surface area contributed by atoms with Crippen LogP contribution in [0, 0.1) is 11.6 Å². The molecular formula is C23H17ClF2N2O3. The maximum atomic E-state index is 13.6. The number of rotatable bonds is 5. The van der Waals surface area contributed by atoms with Gasteiger partial charge in [-0.25, -0.2) is 13.8 Å². The van der Waals surface area contributed by atoms with Gasteiger partial charge < -0.3 is 14.5 Å². The number of anilines is 1. The summed E-state index contributed by atoms with van der Waals surface area (Å²) in [6, 6.07) is 15.7. The summed E-state index contributed by atoms with van der Waals surface area (Å²) in [5, 5.41) is 2.76. The van der Waals surface area contributed by atoms with Crippen molar-refractivity contribution in [2.75, 3.05) is 5.32 Å². The summed E-state index contributed by atoms with van der Waals surface area (Å²) in [6.07, 6.45) is 0.